The fourth-order valence-electron chi connectivity index (χ4n) is 3.71. The molecule has 0 aliphatic carbocycles. The number of ketones is 1. The van der Waals surface area contributed by atoms with E-state index in [4.69, 9.17) is 22.1 Å². The first-order chi connectivity index (χ1) is 14.9. The smallest absolute Gasteiger partial charge is 0.255 e. The van der Waals surface area contributed by atoms with Crippen molar-refractivity contribution in [2.45, 2.75) is 19.3 Å². The number of Topliss-reactive ketones (excluding diaryl/α,β-unsaturated/α-hetero) is 1. The van der Waals surface area contributed by atoms with Crippen molar-refractivity contribution in [3.05, 3.63) is 52.5 Å². The van der Waals surface area contributed by atoms with E-state index in [1.165, 1.54) is 25.3 Å². The van der Waals surface area contributed by atoms with Gasteiger partial charge in [0.05, 0.1) is 23.4 Å². The number of phenols is 1. The number of carbonyl (C=O) groups is 2. The number of aromatic hydroxyl groups is 1. The molecule has 0 saturated carbocycles. The lowest BCUT2D eigenvalue weighted by Crippen LogP contribution is -2.39. The number of nitrogen functional groups attached to an aromatic ring is 1. The number of anilines is 1. The van der Waals surface area contributed by atoms with E-state index in [-0.39, 0.29) is 17.4 Å². The highest BCUT2D eigenvalue weighted by Gasteiger charge is 2.22. The fraction of sp³-hybridized carbons (Fsp3) is 0.391. The lowest BCUT2D eigenvalue weighted by atomic mass is 9.96. The third kappa shape index (κ3) is 6.12. The number of nitrogens with zero attached hydrogens (tertiary/aromatic N) is 1. The Balaban J connectivity index is 1.42. The number of ether oxygens (including phenoxy) is 1. The summed E-state index contributed by atoms with van der Waals surface area (Å²) in [6.45, 7) is 3.06. The molecule has 31 heavy (non-hydrogen) atoms. The topological polar surface area (TPSA) is 105 Å². The van der Waals surface area contributed by atoms with Crippen LogP contribution in [0.1, 0.15) is 40.0 Å². The molecule has 4 N–H and O–H groups in total. The van der Waals surface area contributed by atoms with Crippen molar-refractivity contribution in [2.24, 2.45) is 5.92 Å². The van der Waals surface area contributed by atoms with E-state index in [1.54, 1.807) is 18.2 Å². The largest absolute Gasteiger partial charge is 0.508 e. The number of carbonyl (C=O) groups excluding carboxylic acids is 2. The standard InChI is InChI=1S/C23H28ClN3O4/c1-31-22-13-20(25)19(24)12-18(22)23(30)26-14-15-6-9-27(10-7-15)11-8-21(29)16-2-4-17(28)5-3-16/h2-5,12-13,15,28H,6-11,14,25H2,1H3,(H,26,30). The van der Waals surface area contributed by atoms with Crippen LogP contribution in [-0.2, 0) is 0 Å². The summed E-state index contributed by atoms with van der Waals surface area (Å²) < 4.78 is 5.25. The molecule has 0 atom stereocenters. The van der Waals surface area contributed by atoms with Gasteiger partial charge in [-0.2, -0.15) is 0 Å². The third-order valence-electron chi connectivity index (χ3n) is 5.67. The Labute approximate surface area is 187 Å². The fourth-order valence-corrected chi connectivity index (χ4v) is 3.88. The van der Waals surface area contributed by atoms with Gasteiger partial charge in [-0.25, -0.2) is 0 Å². The number of amides is 1. The minimum Gasteiger partial charge on any atom is -0.508 e. The molecule has 2 aromatic carbocycles. The summed E-state index contributed by atoms with van der Waals surface area (Å²) in [6, 6.07) is 9.43. The van der Waals surface area contributed by atoms with Crippen molar-refractivity contribution >= 4 is 29.0 Å². The molecule has 0 unspecified atom stereocenters. The van der Waals surface area contributed by atoms with Gasteiger partial charge in [0.2, 0.25) is 0 Å². The van der Waals surface area contributed by atoms with Crippen LogP contribution in [0.3, 0.4) is 0 Å². The molecule has 8 heteroatoms. The van der Waals surface area contributed by atoms with Crippen LogP contribution in [0.15, 0.2) is 36.4 Å². The Morgan fingerprint density at radius 2 is 1.90 bits per heavy atom. The number of hydrogen-bond donors (Lipinski definition) is 3. The highest BCUT2D eigenvalue weighted by molar-refractivity contribution is 6.33. The zero-order valence-electron chi connectivity index (χ0n) is 17.6. The summed E-state index contributed by atoms with van der Waals surface area (Å²) >= 11 is 6.05. The van der Waals surface area contributed by atoms with Crippen molar-refractivity contribution < 1.29 is 19.4 Å². The van der Waals surface area contributed by atoms with E-state index in [0.717, 1.165) is 25.9 Å². The summed E-state index contributed by atoms with van der Waals surface area (Å²) in [5.41, 5.74) is 7.13. The second-order valence-electron chi connectivity index (χ2n) is 7.79. The van der Waals surface area contributed by atoms with Gasteiger partial charge in [0.25, 0.3) is 5.91 Å². The number of phenolic OH excluding ortho intramolecular Hbond substituents is 1. The molecule has 0 aromatic heterocycles. The van der Waals surface area contributed by atoms with Crippen molar-refractivity contribution in [2.75, 3.05) is 39.0 Å². The van der Waals surface area contributed by atoms with Crippen LogP contribution in [-0.4, -0.2) is 55.0 Å². The predicted molar refractivity (Wildman–Crippen MR) is 121 cm³/mol. The van der Waals surface area contributed by atoms with E-state index in [2.05, 4.69) is 10.2 Å². The zero-order valence-corrected chi connectivity index (χ0v) is 18.3. The van der Waals surface area contributed by atoms with Gasteiger partial charge >= 0.3 is 0 Å². The molecule has 1 fully saturated rings. The molecular formula is C23H28ClN3O4. The van der Waals surface area contributed by atoms with E-state index < -0.39 is 0 Å². The molecule has 3 rings (SSSR count). The molecule has 0 radical (unpaired) electrons. The molecular weight excluding hydrogens is 418 g/mol. The van der Waals surface area contributed by atoms with Crippen molar-refractivity contribution in [3.8, 4) is 11.5 Å². The quantitative estimate of drug-likeness (QED) is 0.425. The van der Waals surface area contributed by atoms with Gasteiger partial charge in [0.1, 0.15) is 11.5 Å². The molecule has 1 aliphatic heterocycles. The lowest BCUT2D eigenvalue weighted by molar-refractivity contribution is 0.0914. The van der Waals surface area contributed by atoms with Gasteiger partial charge in [-0.3, -0.25) is 9.59 Å². The third-order valence-corrected chi connectivity index (χ3v) is 5.99. The molecule has 166 valence electrons. The summed E-state index contributed by atoms with van der Waals surface area (Å²) in [5.74, 6) is 0.769. The first-order valence-electron chi connectivity index (χ1n) is 10.3. The van der Waals surface area contributed by atoms with Gasteiger partial charge < -0.3 is 25.8 Å². The number of methoxy groups -OCH3 is 1. The van der Waals surface area contributed by atoms with E-state index >= 15 is 0 Å². The van der Waals surface area contributed by atoms with E-state index in [0.29, 0.717) is 53.0 Å². The highest BCUT2D eigenvalue weighted by atomic mass is 35.5. The molecule has 1 saturated heterocycles. The van der Waals surface area contributed by atoms with Crippen LogP contribution in [0.5, 0.6) is 11.5 Å². The van der Waals surface area contributed by atoms with Crippen LogP contribution in [0.25, 0.3) is 0 Å². The molecule has 7 nitrogen and oxygen atoms in total. The van der Waals surface area contributed by atoms with Crippen LogP contribution >= 0.6 is 11.6 Å². The number of likely N-dealkylation sites (tertiary alicyclic amines) is 1. The Morgan fingerprint density at radius 3 is 2.55 bits per heavy atom. The monoisotopic (exact) mass is 445 g/mol. The first-order valence-corrected chi connectivity index (χ1v) is 10.7. The van der Waals surface area contributed by atoms with Crippen LogP contribution in [0, 0.1) is 5.92 Å². The van der Waals surface area contributed by atoms with Gasteiger partial charge in [0, 0.05) is 31.1 Å². The van der Waals surface area contributed by atoms with Gasteiger partial charge in [0.15, 0.2) is 5.78 Å². The van der Waals surface area contributed by atoms with E-state index in [9.17, 15) is 14.7 Å². The van der Waals surface area contributed by atoms with E-state index in [1.807, 2.05) is 0 Å². The first kappa shape index (κ1) is 22.9. The molecule has 1 aliphatic rings. The van der Waals surface area contributed by atoms with Crippen molar-refractivity contribution in [1.82, 2.24) is 10.2 Å². The van der Waals surface area contributed by atoms with Crippen LogP contribution in [0.2, 0.25) is 5.02 Å². The summed E-state index contributed by atoms with van der Waals surface area (Å²) in [7, 11) is 1.49. The SMILES string of the molecule is COc1cc(N)c(Cl)cc1C(=O)NCC1CCN(CCC(=O)c2ccc(O)cc2)CC1. The minimum absolute atomic E-state index is 0.0745. The van der Waals surface area contributed by atoms with Gasteiger partial charge in [-0.05, 0) is 62.2 Å². The Bertz CT molecular complexity index is 925. The molecule has 1 amide bonds. The summed E-state index contributed by atoms with van der Waals surface area (Å²) in [4.78, 5) is 27.1. The molecule has 2 aromatic rings. The second kappa shape index (κ2) is 10.5. The Kier molecular flexibility index (Phi) is 7.76. The van der Waals surface area contributed by atoms with Crippen LogP contribution < -0.4 is 15.8 Å². The Morgan fingerprint density at radius 1 is 1.23 bits per heavy atom. The Hall–Kier alpha value is -2.77. The maximum atomic E-state index is 12.6. The number of hydrogen-bond acceptors (Lipinski definition) is 6. The molecule has 0 bridgehead atoms. The number of rotatable bonds is 8. The lowest BCUT2D eigenvalue weighted by Gasteiger charge is -2.31. The maximum absolute atomic E-state index is 12.6. The highest BCUT2D eigenvalue weighted by Crippen LogP contribution is 2.29. The van der Waals surface area contributed by atoms with Gasteiger partial charge in [-0.1, -0.05) is 11.6 Å². The van der Waals surface area contributed by atoms with Crippen molar-refractivity contribution in [3.63, 3.8) is 0 Å². The molecule has 1 heterocycles. The van der Waals surface area contributed by atoms with Crippen LogP contribution in [0.4, 0.5) is 5.69 Å². The van der Waals surface area contributed by atoms with Gasteiger partial charge in [-0.15, -0.1) is 0 Å². The number of nitrogens with two attached hydrogens (primary N) is 1. The number of piperidine rings is 1. The molecule has 0 spiro atoms. The average molecular weight is 446 g/mol. The normalized spacial score (nSPS) is 14.9. The minimum atomic E-state index is -0.235. The number of nitrogens with one attached hydrogen (secondary N) is 1. The zero-order chi connectivity index (χ0) is 22.4. The predicted octanol–water partition coefficient (Wildman–Crippen LogP) is 3.35. The summed E-state index contributed by atoms with van der Waals surface area (Å²) in [5, 5.41) is 12.6. The number of benzene rings is 2. The summed E-state index contributed by atoms with van der Waals surface area (Å²) in [6.07, 6.45) is 2.35. The number of halogens is 1. The second-order valence-corrected chi connectivity index (χ2v) is 8.20. The maximum Gasteiger partial charge on any atom is 0.255 e. The average Bonchev–Trinajstić information content (AvgIpc) is 2.78. The van der Waals surface area contributed by atoms with Crippen molar-refractivity contribution in [1.29, 1.82) is 0 Å².